The lowest BCUT2D eigenvalue weighted by molar-refractivity contribution is 0.269. The molecule has 1 aliphatic rings. The molecule has 1 unspecified atom stereocenters. The van der Waals surface area contributed by atoms with Crippen molar-refractivity contribution < 1.29 is 0 Å². The van der Waals surface area contributed by atoms with Crippen LogP contribution in [0.5, 0.6) is 0 Å². The maximum atomic E-state index is 3.29. The van der Waals surface area contributed by atoms with Crippen LogP contribution in [0, 0.1) is 28.6 Å². The number of allylic oxidation sites excluding steroid dienone is 1. The molecule has 0 spiro atoms. The van der Waals surface area contributed by atoms with Gasteiger partial charge in [-0.25, -0.2) is 0 Å². The van der Waals surface area contributed by atoms with Gasteiger partial charge in [0, 0.05) is 6.54 Å². The van der Waals surface area contributed by atoms with Crippen LogP contribution in [0.3, 0.4) is 0 Å². The molecule has 2 atom stereocenters. The molecule has 0 aromatic carbocycles. The number of hydrogen-bond acceptors (Lipinski definition) is 1. The first-order chi connectivity index (χ1) is 8.69. The molecule has 0 saturated heterocycles. The lowest BCUT2D eigenvalue weighted by Crippen LogP contribution is -2.25. The van der Waals surface area contributed by atoms with Crippen molar-refractivity contribution in [2.75, 3.05) is 13.6 Å². The summed E-state index contributed by atoms with van der Waals surface area (Å²) in [5, 5.41) is 3.29. The predicted molar refractivity (Wildman–Crippen MR) is 86.3 cm³/mol. The summed E-state index contributed by atoms with van der Waals surface area (Å²) in [6, 6.07) is 0. The van der Waals surface area contributed by atoms with E-state index in [1.807, 2.05) is 7.05 Å². The first-order valence-electron chi connectivity index (χ1n) is 8.03. The van der Waals surface area contributed by atoms with E-state index >= 15 is 0 Å². The second-order valence-electron chi connectivity index (χ2n) is 8.16. The Kier molecular flexibility index (Phi) is 5.67. The van der Waals surface area contributed by atoms with Crippen LogP contribution >= 0.6 is 0 Å². The third kappa shape index (κ3) is 5.69. The quantitative estimate of drug-likeness (QED) is 0.616. The monoisotopic (exact) mass is 265 g/mol. The molecule has 112 valence electrons. The van der Waals surface area contributed by atoms with Crippen LogP contribution in [0.4, 0.5) is 0 Å². The highest BCUT2D eigenvalue weighted by Gasteiger charge is 2.40. The van der Waals surface area contributed by atoms with Crippen LogP contribution in [0.2, 0.25) is 0 Å². The molecule has 1 fully saturated rings. The zero-order valence-electron chi connectivity index (χ0n) is 14.2. The van der Waals surface area contributed by atoms with Gasteiger partial charge in [0.1, 0.15) is 0 Å². The highest BCUT2D eigenvalue weighted by Crippen LogP contribution is 2.51. The molecule has 1 aliphatic carbocycles. The Hall–Kier alpha value is -0.300. The fourth-order valence-corrected chi connectivity index (χ4v) is 2.81. The first-order valence-corrected chi connectivity index (χ1v) is 8.03. The van der Waals surface area contributed by atoms with Gasteiger partial charge in [-0.05, 0) is 54.9 Å². The average molecular weight is 265 g/mol. The fraction of sp³-hybridized carbons (Fsp3) is 0.889. The van der Waals surface area contributed by atoms with Crippen molar-refractivity contribution in [3.05, 3.63) is 12.2 Å². The Morgan fingerprint density at radius 3 is 2.21 bits per heavy atom. The van der Waals surface area contributed by atoms with Crippen LogP contribution in [-0.4, -0.2) is 13.6 Å². The summed E-state index contributed by atoms with van der Waals surface area (Å²) in [7, 11) is 2.04. The summed E-state index contributed by atoms with van der Waals surface area (Å²) in [5.41, 5.74) is 0.902. The molecule has 0 aromatic heterocycles. The molecular formula is C18H35N. The Bertz CT molecular complexity index is 297. The van der Waals surface area contributed by atoms with Gasteiger partial charge in [-0.1, -0.05) is 53.7 Å². The van der Waals surface area contributed by atoms with E-state index in [1.165, 1.54) is 19.3 Å². The van der Waals surface area contributed by atoms with Crippen molar-refractivity contribution in [1.82, 2.24) is 5.32 Å². The molecule has 1 N–H and O–H groups in total. The van der Waals surface area contributed by atoms with Gasteiger partial charge in [-0.3, -0.25) is 0 Å². The van der Waals surface area contributed by atoms with E-state index in [4.69, 9.17) is 0 Å². The third-order valence-electron chi connectivity index (χ3n) is 4.99. The lowest BCUT2D eigenvalue weighted by Gasteiger charge is -2.28. The Labute approximate surface area is 121 Å². The molecule has 0 aromatic rings. The molecule has 0 radical (unpaired) electrons. The van der Waals surface area contributed by atoms with E-state index in [-0.39, 0.29) is 5.41 Å². The van der Waals surface area contributed by atoms with Crippen LogP contribution in [-0.2, 0) is 0 Å². The summed E-state index contributed by atoms with van der Waals surface area (Å²) in [4.78, 5) is 0. The predicted octanol–water partition coefficient (Wildman–Crippen LogP) is 4.89. The minimum absolute atomic E-state index is 0.258. The second kappa shape index (κ2) is 6.43. The smallest absolute Gasteiger partial charge is 0.00342 e. The van der Waals surface area contributed by atoms with Crippen LogP contribution in [0.15, 0.2) is 12.2 Å². The van der Waals surface area contributed by atoms with Crippen LogP contribution in [0.25, 0.3) is 0 Å². The maximum Gasteiger partial charge on any atom is 0.00342 e. The van der Waals surface area contributed by atoms with Gasteiger partial charge in [0.05, 0.1) is 0 Å². The van der Waals surface area contributed by atoms with E-state index in [9.17, 15) is 0 Å². The summed E-state index contributed by atoms with van der Waals surface area (Å²) in [6.45, 7) is 15.3. The zero-order chi connectivity index (χ0) is 14.7. The van der Waals surface area contributed by atoms with Crippen molar-refractivity contribution in [3.8, 4) is 0 Å². The van der Waals surface area contributed by atoms with Gasteiger partial charge in [0.2, 0.25) is 0 Å². The van der Waals surface area contributed by atoms with Crippen molar-refractivity contribution >= 4 is 0 Å². The van der Waals surface area contributed by atoms with E-state index < -0.39 is 0 Å². The number of nitrogens with one attached hydrogen (secondary N) is 1. The highest BCUT2D eigenvalue weighted by molar-refractivity contribution is 5.03. The normalized spacial score (nSPS) is 21.9. The first kappa shape index (κ1) is 16.8. The Morgan fingerprint density at radius 1 is 1.21 bits per heavy atom. The van der Waals surface area contributed by atoms with Crippen molar-refractivity contribution in [1.29, 1.82) is 0 Å². The van der Waals surface area contributed by atoms with Gasteiger partial charge in [0.25, 0.3) is 0 Å². The number of rotatable bonds is 8. The van der Waals surface area contributed by atoms with Gasteiger partial charge < -0.3 is 5.32 Å². The standard InChI is InChI=1S/C18H35N/c1-14(2)15(3)16(12-18(6)10-11-18)8-9-17(4,5)13-19-7/h8-9,14-16,19H,10-13H2,1-7H3/b9-8-/t15-,16?/m0/s1. The minimum atomic E-state index is 0.258. The lowest BCUT2D eigenvalue weighted by atomic mass is 9.77. The van der Waals surface area contributed by atoms with E-state index in [0.717, 1.165) is 24.3 Å². The average Bonchev–Trinajstić information content (AvgIpc) is 3.01. The molecule has 0 heterocycles. The van der Waals surface area contributed by atoms with Crippen LogP contribution in [0.1, 0.15) is 60.8 Å². The molecule has 1 nitrogen and oxygen atoms in total. The SMILES string of the molecule is CNCC(C)(C)/C=C\C(CC1(C)CC1)[C@@H](C)C(C)C. The van der Waals surface area contributed by atoms with Crippen molar-refractivity contribution in [2.24, 2.45) is 28.6 Å². The highest BCUT2D eigenvalue weighted by atomic mass is 14.8. The zero-order valence-corrected chi connectivity index (χ0v) is 14.2. The van der Waals surface area contributed by atoms with Crippen LogP contribution < -0.4 is 5.32 Å². The topological polar surface area (TPSA) is 12.0 Å². The Balaban J connectivity index is 2.70. The molecule has 1 saturated carbocycles. The Morgan fingerprint density at radius 2 is 1.79 bits per heavy atom. The molecule has 19 heavy (non-hydrogen) atoms. The molecule has 1 rings (SSSR count). The molecule has 1 heteroatoms. The summed E-state index contributed by atoms with van der Waals surface area (Å²) >= 11 is 0. The van der Waals surface area contributed by atoms with E-state index in [2.05, 4.69) is 59.0 Å². The third-order valence-corrected chi connectivity index (χ3v) is 4.99. The summed E-state index contributed by atoms with van der Waals surface area (Å²) < 4.78 is 0. The van der Waals surface area contributed by atoms with E-state index in [0.29, 0.717) is 5.41 Å². The largest absolute Gasteiger partial charge is 0.319 e. The van der Waals surface area contributed by atoms with Crippen molar-refractivity contribution in [3.63, 3.8) is 0 Å². The molecule has 0 amide bonds. The fourth-order valence-electron chi connectivity index (χ4n) is 2.81. The summed E-state index contributed by atoms with van der Waals surface area (Å²) in [5.74, 6) is 2.28. The van der Waals surface area contributed by atoms with E-state index in [1.54, 1.807) is 0 Å². The molecular weight excluding hydrogens is 230 g/mol. The number of hydrogen-bond donors (Lipinski definition) is 1. The van der Waals surface area contributed by atoms with Gasteiger partial charge >= 0.3 is 0 Å². The molecule has 0 aliphatic heterocycles. The van der Waals surface area contributed by atoms with Gasteiger partial charge in [-0.2, -0.15) is 0 Å². The molecule has 0 bridgehead atoms. The minimum Gasteiger partial charge on any atom is -0.319 e. The second-order valence-corrected chi connectivity index (χ2v) is 8.16. The van der Waals surface area contributed by atoms with Crippen molar-refractivity contribution in [2.45, 2.75) is 60.8 Å². The summed E-state index contributed by atoms with van der Waals surface area (Å²) in [6.07, 6.45) is 9.20. The van der Waals surface area contributed by atoms with Gasteiger partial charge in [-0.15, -0.1) is 0 Å². The maximum absolute atomic E-state index is 3.29. The van der Waals surface area contributed by atoms with Gasteiger partial charge in [0.15, 0.2) is 0 Å².